The van der Waals surface area contributed by atoms with Crippen molar-refractivity contribution in [2.24, 2.45) is 0 Å². The third-order valence-electron chi connectivity index (χ3n) is 4.35. The van der Waals surface area contributed by atoms with E-state index in [1.165, 1.54) is 21.5 Å². The van der Waals surface area contributed by atoms with Crippen LogP contribution in [0.25, 0.3) is 16.5 Å². The molecule has 4 nitrogen and oxygen atoms in total. The smallest absolute Gasteiger partial charge is 0.407 e. The first-order valence-electron chi connectivity index (χ1n) is 7.39. The molecule has 1 amide bonds. The van der Waals surface area contributed by atoms with E-state index in [2.05, 4.69) is 22.8 Å². The molecule has 0 fully saturated rings. The van der Waals surface area contributed by atoms with E-state index in [-0.39, 0.29) is 0 Å². The molecule has 0 saturated heterocycles. The number of carbonyl (C=O) groups is 1. The minimum atomic E-state index is -0.846. The van der Waals surface area contributed by atoms with E-state index in [4.69, 9.17) is 0 Å². The van der Waals surface area contributed by atoms with Crippen LogP contribution in [-0.4, -0.2) is 27.2 Å². The van der Waals surface area contributed by atoms with Crippen LogP contribution in [0.2, 0.25) is 0 Å². The summed E-state index contributed by atoms with van der Waals surface area (Å²) in [5.74, 6) is 0. The van der Waals surface area contributed by atoms with Crippen LogP contribution in [0.1, 0.15) is 11.1 Å². The number of hydrogen-bond donors (Lipinski definition) is 1. The lowest BCUT2D eigenvalue weighted by atomic mass is 9.93. The van der Waals surface area contributed by atoms with Gasteiger partial charge in [0.05, 0.1) is 5.69 Å². The van der Waals surface area contributed by atoms with Crippen molar-refractivity contribution >= 4 is 16.9 Å². The van der Waals surface area contributed by atoms with Gasteiger partial charge in [-0.05, 0) is 41.1 Å². The van der Waals surface area contributed by atoms with Gasteiger partial charge in [0.25, 0.3) is 0 Å². The predicted molar refractivity (Wildman–Crippen MR) is 85.4 cm³/mol. The fraction of sp³-hybridized carbons (Fsp3) is 0.167. The molecular weight excluding hydrogens is 276 g/mol. The number of carboxylic acid groups (broad SMARTS) is 1. The molecule has 0 atom stereocenters. The number of hydrogen-bond acceptors (Lipinski definition) is 1. The summed E-state index contributed by atoms with van der Waals surface area (Å²) >= 11 is 0. The molecule has 0 saturated carbocycles. The molecule has 4 heteroatoms. The van der Waals surface area contributed by atoms with Gasteiger partial charge < -0.3 is 14.6 Å². The highest BCUT2D eigenvalue weighted by molar-refractivity contribution is 5.93. The number of nitrogens with zero attached hydrogens (tertiary/aromatic N) is 2. The Bertz CT molecular complexity index is 853. The van der Waals surface area contributed by atoms with E-state index in [0.717, 1.165) is 17.4 Å². The SMILES string of the molecule is O=C(O)N1CCc2c(cc3ccccc3c2-n2cccc2)C1. The maximum Gasteiger partial charge on any atom is 0.407 e. The molecule has 2 aromatic carbocycles. The number of benzene rings is 2. The van der Waals surface area contributed by atoms with E-state index in [1.54, 1.807) is 0 Å². The fourth-order valence-electron chi connectivity index (χ4n) is 3.32. The molecule has 3 aromatic rings. The van der Waals surface area contributed by atoms with Crippen LogP contribution in [0.15, 0.2) is 54.9 Å². The van der Waals surface area contributed by atoms with Crippen molar-refractivity contribution in [3.05, 3.63) is 66.0 Å². The Balaban J connectivity index is 1.98. The van der Waals surface area contributed by atoms with Crippen molar-refractivity contribution in [3.8, 4) is 5.69 Å². The fourth-order valence-corrected chi connectivity index (χ4v) is 3.32. The molecule has 1 N–H and O–H groups in total. The van der Waals surface area contributed by atoms with E-state index in [0.29, 0.717) is 13.1 Å². The number of fused-ring (bicyclic) bond motifs is 2. The van der Waals surface area contributed by atoms with Gasteiger partial charge in [0, 0.05) is 30.9 Å². The average Bonchev–Trinajstić information content (AvgIpc) is 3.05. The van der Waals surface area contributed by atoms with E-state index < -0.39 is 6.09 Å². The van der Waals surface area contributed by atoms with Gasteiger partial charge in [0.1, 0.15) is 0 Å². The standard InChI is InChI=1S/C18H16N2O2/c21-18(22)20-10-7-16-14(12-20)11-13-5-1-2-6-15(13)17(16)19-8-3-4-9-19/h1-6,8-9,11H,7,10,12H2,(H,21,22). The first-order valence-corrected chi connectivity index (χ1v) is 7.39. The summed E-state index contributed by atoms with van der Waals surface area (Å²) in [6, 6.07) is 14.4. The summed E-state index contributed by atoms with van der Waals surface area (Å²) in [7, 11) is 0. The number of rotatable bonds is 1. The summed E-state index contributed by atoms with van der Waals surface area (Å²) in [5.41, 5.74) is 3.55. The van der Waals surface area contributed by atoms with Gasteiger partial charge in [-0.25, -0.2) is 4.79 Å². The lowest BCUT2D eigenvalue weighted by molar-refractivity contribution is 0.140. The van der Waals surface area contributed by atoms with Crippen molar-refractivity contribution in [2.75, 3.05) is 6.54 Å². The Labute approximate surface area is 128 Å². The molecule has 0 aliphatic carbocycles. The molecule has 0 unspecified atom stereocenters. The average molecular weight is 292 g/mol. The maximum absolute atomic E-state index is 11.3. The van der Waals surface area contributed by atoms with Crippen LogP contribution in [-0.2, 0) is 13.0 Å². The highest BCUT2D eigenvalue weighted by Crippen LogP contribution is 2.33. The van der Waals surface area contributed by atoms with Crippen molar-refractivity contribution < 1.29 is 9.90 Å². The Kier molecular flexibility index (Phi) is 2.89. The van der Waals surface area contributed by atoms with Gasteiger partial charge in [-0.3, -0.25) is 0 Å². The third kappa shape index (κ3) is 1.96. The lowest BCUT2D eigenvalue weighted by Crippen LogP contribution is -2.35. The monoisotopic (exact) mass is 292 g/mol. The first kappa shape index (κ1) is 13.0. The highest BCUT2D eigenvalue weighted by atomic mass is 16.4. The molecule has 1 aromatic heterocycles. The predicted octanol–water partition coefficient (Wildman–Crippen LogP) is 3.67. The van der Waals surface area contributed by atoms with Gasteiger partial charge in [-0.2, -0.15) is 0 Å². The van der Waals surface area contributed by atoms with Crippen molar-refractivity contribution in [1.29, 1.82) is 0 Å². The van der Waals surface area contributed by atoms with E-state index in [9.17, 15) is 9.90 Å². The maximum atomic E-state index is 11.3. The third-order valence-corrected chi connectivity index (χ3v) is 4.35. The molecular formula is C18H16N2O2. The van der Waals surface area contributed by atoms with Gasteiger partial charge in [-0.1, -0.05) is 24.3 Å². The Morgan fingerprint density at radius 1 is 1.09 bits per heavy atom. The summed E-state index contributed by atoms with van der Waals surface area (Å²) in [4.78, 5) is 12.7. The molecule has 1 aliphatic rings. The van der Waals surface area contributed by atoms with Crippen LogP contribution in [0.3, 0.4) is 0 Å². The lowest BCUT2D eigenvalue weighted by Gasteiger charge is -2.29. The van der Waals surface area contributed by atoms with E-state index in [1.807, 2.05) is 36.7 Å². The minimum Gasteiger partial charge on any atom is -0.465 e. The highest BCUT2D eigenvalue weighted by Gasteiger charge is 2.24. The zero-order valence-corrected chi connectivity index (χ0v) is 12.1. The van der Waals surface area contributed by atoms with E-state index >= 15 is 0 Å². The van der Waals surface area contributed by atoms with Crippen LogP contribution < -0.4 is 0 Å². The molecule has 2 heterocycles. The molecule has 110 valence electrons. The molecule has 22 heavy (non-hydrogen) atoms. The summed E-state index contributed by atoms with van der Waals surface area (Å²) in [6.45, 7) is 1.01. The van der Waals surface area contributed by atoms with Crippen molar-refractivity contribution in [1.82, 2.24) is 9.47 Å². The molecule has 0 spiro atoms. The van der Waals surface area contributed by atoms with Crippen molar-refractivity contribution in [2.45, 2.75) is 13.0 Å². The molecule has 0 radical (unpaired) electrons. The van der Waals surface area contributed by atoms with Crippen LogP contribution in [0, 0.1) is 0 Å². The van der Waals surface area contributed by atoms with Gasteiger partial charge in [0.15, 0.2) is 0 Å². The number of aromatic nitrogens is 1. The second-order valence-electron chi connectivity index (χ2n) is 5.63. The Morgan fingerprint density at radius 2 is 1.86 bits per heavy atom. The summed E-state index contributed by atoms with van der Waals surface area (Å²) in [5, 5.41) is 11.6. The van der Waals surface area contributed by atoms with Crippen LogP contribution in [0.4, 0.5) is 4.79 Å². The minimum absolute atomic E-state index is 0.462. The number of amides is 1. The van der Waals surface area contributed by atoms with Gasteiger partial charge in [-0.15, -0.1) is 0 Å². The zero-order chi connectivity index (χ0) is 15.1. The largest absolute Gasteiger partial charge is 0.465 e. The topological polar surface area (TPSA) is 45.5 Å². The Hall–Kier alpha value is -2.75. The van der Waals surface area contributed by atoms with Gasteiger partial charge >= 0.3 is 6.09 Å². The molecule has 1 aliphatic heterocycles. The second kappa shape index (κ2) is 4.91. The Morgan fingerprint density at radius 3 is 2.64 bits per heavy atom. The quantitative estimate of drug-likeness (QED) is 0.744. The summed E-state index contributed by atoms with van der Waals surface area (Å²) in [6.07, 6.45) is 4.00. The second-order valence-corrected chi connectivity index (χ2v) is 5.63. The molecule has 0 bridgehead atoms. The summed E-state index contributed by atoms with van der Waals surface area (Å²) < 4.78 is 2.14. The van der Waals surface area contributed by atoms with Crippen LogP contribution in [0.5, 0.6) is 0 Å². The molecule has 4 rings (SSSR count). The zero-order valence-electron chi connectivity index (χ0n) is 12.1. The normalized spacial score (nSPS) is 14.1. The van der Waals surface area contributed by atoms with Crippen molar-refractivity contribution in [3.63, 3.8) is 0 Å². The first-order chi connectivity index (χ1) is 10.7. The van der Waals surface area contributed by atoms with Crippen LogP contribution >= 0.6 is 0 Å². The van der Waals surface area contributed by atoms with Gasteiger partial charge in [0.2, 0.25) is 0 Å².